The van der Waals surface area contributed by atoms with Crippen LogP contribution in [0.1, 0.15) is 60.8 Å². The molecule has 0 radical (unpaired) electrons. The molecule has 4 aromatic rings. The summed E-state index contributed by atoms with van der Waals surface area (Å²) >= 11 is 0. The van der Waals surface area contributed by atoms with Crippen LogP contribution in [0.25, 0.3) is 11.0 Å². The molecule has 34 heavy (non-hydrogen) atoms. The van der Waals surface area contributed by atoms with Crippen molar-refractivity contribution >= 4 is 44.0 Å². The van der Waals surface area contributed by atoms with Crippen LogP contribution in [0.15, 0.2) is 70.0 Å². The Bertz CT molecular complexity index is 1680. The van der Waals surface area contributed by atoms with Crippen molar-refractivity contribution in [2.75, 3.05) is 4.72 Å². The molecule has 1 aromatic heterocycles. The number of carbonyl (C=O) groups excluding carboxylic acids is 3. The monoisotopic (exact) mass is 471 g/mol. The fourth-order valence-corrected chi connectivity index (χ4v) is 5.76. The molecular weight excluding hydrogens is 454 g/mol. The number of hydrogen-bond donors (Lipinski definition) is 1. The van der Waals surface area contributed by atoms with Crippen LogP contribution in [0.3, 0.4) is 0 Å². The second-order valence-electron chi connectivity index (χ2n) is 8.40. The largest absolute Gasteiger partial charge is 0.460 e. The van der Waals surface area contributed by atoms with E-state index in [-0.39, 0.29) is 38.8 Å². The van der Waals surface area contributed by atoms with Crippen LogP contribution in [0.4, 0.5) is 5.69 Å². The molecule has 2 aliphatic carbocycles. The van der Waals surface area contributed by atoms with Gasteiger partial charge >= 0.3 is 0 Å². The topological polar surface area (TPSA) is 111 Å². The normalized spacial score (nSPS) is 15.1. The highest BCUT2D eigenvalue weighted by Crippen LogP contribution is 2.34. The van der Waals surface area contributed by atoms with E-state index in [1.54, 1.807) is 42.5 Å². The summed E-state index contributed by atoms with van der Waals surface area (Å²) in [5, 5.41) is 0.572. The van der Waals surface area contributed by atoms with Gasteiger partial charge in [0.2, 0.25) is 0 Å². The van der Waals surface area contributed by atoms with E-state index in [2.05, 4.69) is 4.72 Å². The van der Waals surface area contributed by atoms with E-state index in [1.807, 2.05) is 0 Å². The van der Waals surface area contributed by atoms with Gasteiger partial charge in [0, 0.05) is 46.2 Å². The van der Waals surface area contributed by atoms with Crippen molar-refractivity contribution in [3.63, 3.8) is 0 Å². The maximum Gasteiger partial charge on any atom is 0.261 e. The third-order valence-electron chi connectivity index (χ3n) is 6.31. The highest BCUT2D eigenvalue weighted by atomic mass is 32.2. The molecule has 2 aliphatic rings. The number of fused-ring (bicyclic) bond motifs is 5. The molecule has 168 valence electrons. The Hall–Kier alpha value is -4.04. The number of Topliss-reactive ketones (excluding diaryl/α,β-unsaturated/α-hetero) is 1. The van der Waals surface area contributed by atoms with Crippen LogP contribution >= 0.6 is 0 Å². The number of furan rings is 1. The molecule has 1 heterocycles. The average molecular weight is 471 g/mol. The van der Waals surface area contributed by atoms with E-state index in [4.69, 9.17) is 4.42 Å². The third kappa shape index (κ3) is 3.03. The molecule has 0 amide bonds. The van der Waals surface area contributed by atoms with E-state index in [0.29, 0.717) is 40.7 Å². The molecular formula is C26H17NO6S. The van der Waals surface area contributed by atoms with Gasteiger partial charge in [-0.2, -0.15) is 0 Å². The van der Waals surface area contributed by atoms with Gasteiger partial charge in [-0.1, -0.05) is 24.3 Å². The summed E-state index contributed by atoms with van der Waals surface area (Å²) in [6, 6.07) is 15.2. The minimum Gasteiger partial charge on any atom is -0.460 e. The molecule has 8 heteroatoms. The molecule has 0 bridgehead atoms. The Morgan fingerprint density at radius 1 is 0.765 bits per heavy atom. The number of rotatable bonds is 3. The Morgan fingerprint density at radius 3 is 2.24 bits per heavy atom. The lowest BCUT2D eigenvalue weighted by Crippen LogP contribution is -2.22. The molecule has 7 nitrogen and oxygen atoms in total. The zero-order chi connectivity index (χ0) is 23.6. The minimum absolute atomic E-state index is 0.0156. The summed E-state index contributed by atoms with van der Waals surface area (Å²) in [6.07, 6.45) is 1.83. The van der Waals surface area contributed by atoms with Gasteiger partial charge in [-0.05, 0) is 42.8 Å². The van der Waals surface area contributed by atoms with Crippen molar-refractivity contribution < 1.29 is 27.2 Å². The summed E-state index contributed by atoms with van der Waals surface area (Å²) < 4.78 is 34.6. The molecule has 0 atom stereocenters. The van der Waals surface area contributed by atoms with Gasteiger partial charge in [0.25, 0.3) is 10.0 Å². The van der Waals surface area contributed by atoms with Crippen molar-refractivity contribution in [1.82, 2.24) is 0 Å². The highest BCUT2D eigenvalue weighted by molar-refractivity contribution is 7.92. The van der Waals surface area contributed by atoms with E-state index < -0.39 is 15.8 Å². The van der Waals surface area contributed by atoms with E-state index >= 15 is 0 Å². The van der Waals surface area contributed by atoms with Crippen molar-refractivity contribution in [2.45, 2.75) is 24.2 Å². The van der Waals surface area contributed by atoms with Gasteiger partial charge in [-0.15, -0.1) is 0 Å². The zero-order valence-corrected chi connectivity index (χ0v) is 18.6. The predicted octanol–water partition coefficient (Wildman–Crippen LogP) is 4.53. The Kier molecular flexibility index (Phi) is 4.37. The number of ketones is 3. The molecule has 0 saturated heterocycles. The molecule has 0 aliphatic heterocycles. The van der Waals surface area contributed by atoms with Crippen molar-refractivity contribution in [2.24, 2.45) is 0 Å². The Morgan fingerprint density at radius 2 is 1.47 bits per heavy atom. The van der Waals surface area contributed by atoms with Crippen LogP contribution in [-0.2, 0) is 16.4 Å². The average Bonchev–Trinajstić information content (AvgIpc) is 3.21. The Balaban J connectivity index is 1.38. The first-order chi connectivity index (χ1) is 16.3. The Labute approximate surface area is 194 Å². The van der Waals surface area contributed by atoms with Gasteiger partial charge in [-0.25, -0.2) is 8.42 Å². The lowest BCUT2D eigenvalue weighted by Gasteiger charge is -2.18. The maximum atomic E-state index is 13.2. The van der Waals surface area contributed by atoms with Crippen LogP contribution in [0.5, 0.6) is 0 Å². The number of sulfonamides is 1. The summed E-state index contributed by atoms with van der Waals surface area (Å²) in [5.74, 6) is -0.100. The first-order valence-corrected chi connectivity index (χ1v) is 12.3. The van der Waals surface area contributed by atoms with Crippen molar-refractivity contribution in [1.29, 1.82) is 0 Å². The predicted molar refractivity (Wildman–Crippen MR) is 124 cm³/mol. The first-order valence-electron chi connectivity index (χ1n) is 10.8. The number of benzene rings is 3. The molecule has 0 spiro atoms. The van der Waals surface area contributed by atoms with Gasteiger partial charge < -0.3 is 4.42 Å². The number of anilines is 1. The summed E-state index contributed by atoms with van der Waals surface area (Å²) in [4.78, 5) is 38.0. The molecule has 0 saturated carbocycles. The van der Waals surface area contributed by atoms with Crippen LogP contribution in [-0.4, -0.2) is 25.8 Å². The van der Waals surface area contributed by atoms with Crippen LogP contribution < -0.4 is 4.72 Å². The first kappa shape index (κ1) is 20.6. The number of aryl methyl sites for hydroxylation is 1. The summed E-state index contributed by atoms with van der Waals surface area (Å²) in [6.45, 7) is 0. The summed E-state index contributed by atoms with van der Waals surface area (Å²) in [7, 11) is -4.08. The molecule has 0 fully saturated rings. The van der Waals surface area contributed by atoms with E-state index in [1.165, 1.54) is 18.2 Å². The minimum atomic E-state index is -4.08. The van der Waals surface area contributed by atoms with Gasteiger partial charge in [0.15, 0.2) is 17.3 Å². The number of hydrogen-bond acceptors (Lipinski definition) is 6. The van der Waals surface area contributed by atoms with Gasteiger partial charge in [-0.3, -0.25) is 19.1 Å². The van der Waals surface area contributed by atoms with Crippen molar-refractivity contribution in [3.05, 3.63) is 94.2 Å². The number of nitrogens with one attached hydrogen (secondary N) is 1. The number of carbonyl (C=O) groups is 3. The quantitative estimate of drug-likeness (QED) is 0.414. The molecule has 3 aromatic carbocycles. The highest BCUT2D eigenvalue weighted by Gasteiger charge is 2.31. The van der Waals surface area contributed by atoms with Crippen LogP contribution in [0, 0.1) is 0 Å². The maximum absolute atomic E-state index is 13.2. The molecule has 6 rings (SSSR count). The molecule has 1 N–H and O–H groups in total. The third-order valence-corrected chi connectivity index (χ3v) is 7.69. The fourth-order valence-electron chi connectivity index (χ4n) is 4.69. The second kappa shape index (κ2) is 7.23. The van der Waals surface area contributed by atoms with Gasteiger partial charge in [0.1, 0.15) is 11.3 Å². The molecule has 0 unspecified atom stereocenters. The zero-order valence-electron chi connectivity index (χ0n) is 17.8. The van der Waals surface area contributed by atoms with E-state index in [0.717, 1.165) is 6.42 Å². The van der Waals surface area contributed by atoms with Crippen LogP contribution in [0.2, 0.25) is 0 Å². The second-order valence-corrected chi connectivity index (χ2v) is 10.1. The van der Waals surface area contributed by atoms with Crippen molar-refractivity contribution in [3.8, 4) is 0 Å². The lowest BCUT2D eigenvalue weighted by molar-refractivity contribution is 0.0970. The lowest BCUT2D eigenvalue weighted by atomic mass is 9.84. The standard InChI is InChI=1S/C26H17NO6S/c28-21-6-3-7-23-24(21)20-12-14(8-11-22(20)33-23)27-34(31,32)15-9-10-18-19(13-15)26(30)17-5-2-1-4-16(17)25(18)29/h1-2,4-5,8-13,27H,3,6-7H2. The fraction of sp³-hybridized carbons (Fsp3) is 0.115. The van der Waals surface area contributed by atoms with E-state index in [9.17, 15) is 22.8 Å². The van der Waals surface area contributed by atoms with Gasteiger partial charge in [0.05, 0.1) is 10.5 Å². The smallest absolute Gasteiger partial charge is 0.261 e. The summed E-state index contributed by atoms with van der Waals surface area (Å²) in [5.41, 5.74) is 2.09. The SMILES string of the molecule is O=C1c2ccccc2C(=O)c2cc(S(=O)(=O)Nc3ccc4oc5c(c4c3)C(=O)CCC5)ccc21.